The van der Waals surface area contributed by atoms with Crippen LogP contribution in [0.4, 0.5) is 14.5 Å². The minimum atomic E-state index is -1.26. The molecule has 0 fully saturated rings. The molecule has 0 aliphatic heterocycles. The molecule has 0 spiro atoms. The van der Waals surface area contributed by atoms with E-state index in [0.29, 0.717) is 0 Å². The van der Waals surface area contributed by atoms with Gasteiger partial charge in [-0.25, -0.2) is 8.78 Å². The van der Waals surface area contributed by atoms with Crippen LogP contribution in [0.5, 0.6) is 0 Å². The topological polar surface area (TPSA) is 91.6 Å². The zero-order chi connectivity index (χ0) is 16.1. The van der Waals surface area contributed by atoms with Crippen LogP contribution in [-0.2, 0) is 9.59 Å². The van der Waals surface area contributed by atoms with Gasteiger partial charge in [-0.15, -0.1) is 0 Å². The molecule has 0 saturated heterocycles. The fourth-order valence-electron chi connectivity index (χ4n) is 1.63. The summed E-state index contributed by atoms with van der Waals surface area (Å²) in [7, 11) is 0. The number of benzene rings is 1. The van der Waals surface area contributed by atoms with Gasteiger partial charge in [0.05, 0.1) is 18.5 Å². The van der Waals surface area contributed by atoms with E-state index in [9.17, 15) is 23.5 Å². The number of hydrogen-bond acceptors (Lipinski definition) is 4. The highest BCUT2D eigenvalue weighted by molar-refractivity contribution is 6.39. The summed E-state index contributed by atoms with van der Waals surface area (Å²) in [6.07, 6.45) is 0.220. The Kier molecular flexibility index (Phi) is 4.84. The maximum atomic E-state index is 13.4. The van der Waals surface area contributed by atoms with Crippen molar-refractivity contribution in [3.8, 4) is 0 Å². The lowest BCUT2D eigenvalue weighted by Gasteiger charge is -2.10. The highest BCUT2D eigenvalue weighted by Crippen LogP contribution is 2.16. The first-order chi connectivity index (χ1) is 10.5. The van der Waals surface area contributed by atoms with E-state index >= 15 is 0 Å². The summed E-state index contributed by atoms with van der Waals surface area (Å²) in [6.45, 7) is -0.272. The van der Waals surface area contributed by atoms with Crippen LogP contribution in [0.2, 0.25) is 0 Å². The molecule has 2 rings (SSSR count). The Morgan fingerprint density at radius 2 is 1.95 bits per heavy atom. The van der Waals surface area contributed by atoms with Gasteiger partial charge in [-0.3, -0.25) is 9.59 Å². The van der Waals surface area contributed by atoms with Gasteiger partial charge in [-0.1, -0.05) is 6.07 Å². The lowest BCUT2D eigenvalue weighted by atomic mass is 10.2. The third-order valence-electron chi connectivity index (χ3n) is 2.73. The summed E-state index contributed by atoms with van der Waals surface area (Å²) < 4.78 is 31.2. The molecule has 2 aromatic rings. The minimum absolute atomic E-state index is 0.219. The number of nitrogens with one attached hydrogen (secondary N) is 2. The van der Waals surface area contributed by atoms with Crippen molar-refractivity contribution >= 4 is 17.5 Å². The molecule has 0 radical (unpaired) electrons. The van der Waals surface area contributed by atoms with Crippen LogP contribution in [0.1, 0.15) is 11.9 Å². The standard InChI is InChI=1S/C14H12F2N2O4/c15-8-3-1-4-9(12(8)16)18-14(21)13(20)17-7-10(19)11-5-2-6-22-11/h1-6,10,19H,7H2,(H,17,20)(H,18,21). The molecule has 0 aliphatic rings. The molecule has 116 valence electrons. The van der Waals surface area contributed by atoms with Crippen LogP contribution in [0, 0.1) is 11.6 Å². The van der Waals surface area contributed by atoms with E-state index in [2.05, 4.69) is 5.32 Å². The number of anilines is 1. The van der Waals surface area contributed by atoms with Crippen LogP contribution >= 0.6 is 0 Å². The minimum Gasteiger partial charge on any atom is -0.467 e. The molecular weight excluding hydrogens is 298 g/mol. The molecule has 1 heterocycles. The predicted octanol–water partition coefficient (Wildman–Crippen LogP) is 1.35. The smallest absolute Gasteiger partial charge is 0.313 e. The van der Waals surface area contributed by atoms with Gasteiger partial charge < -0.3 is 20.2 Å². The van der Waals surface area contributed by atoms with Gasteiger partial charge in [0.2, 0.25) is 0 Å². The molecule has 1 unspecified atom stereocenters. The van der Waals surface area contributed by atoms with Crippen molar-refractivity contribution in [1.82, 2.24) is 5.32 Å². The largest absolute Gasteiger partial charge is 0.467 e. The molecule has 0 aliphatic carbocycles. The maximum Gasteiger partial charge on any atom is 0.313 e. The zero-order valence-corrected chi connectivity index (χ0v) is 11.2. The second-order valence-electron chi connectivity index (χ2n) is 4.30. The normalized spacial score (nSPS) is 11.8. The van der Waals surface area contributed by atoms with Crippen molar-refractivity contribution in [3.05, 3.63) is 54.0 Å². The average Bonchev–Trinajstić information content (AvgIpc) is 3.03. The molecule has 1 aromatic heterocycles. The van der Waals surface area contributed by atoms with E-state index < -0.39 is 35.2 Å². The van der Waals surface area contributed by atoms with Gasteiger partial charge in [0.15, 0.2) is 11.6 Å². The van der Waals surface area contributed by atoms with Crippen LogP contribution in [0.15, 0.2) is 41.0 Å². The summed E-state index contributed by atoms with van der Waals surface area (Å²) in [5.41, 5.74) is -0.452. The van der Waals surface area contributed by atoms with Crippen LogP contribution in [0.3, 0.4) is 0 Å². The average molecular weight is 310 g/mol. The van der Waals surface area contributed by atoms with E-state index in [0.717, 1.165) is 12.1 Å². The maximum absolute atomic E-state index is 13.4. The van der Waals surface area contributed by atoms with Gasteiger partial charge in [-0.05, 0) is 24.3 Å². The first kappa shape index (κ1) is 15.6. The first-order valence-corrected chi connectivity index (χ1v) is 6.23. The molecule has 3 N–H and O–H groups in total. The highest BCUT2D eigenvalue weighted by atomic mass is 19.2. The van der Waals surface area contributed by atoms with E-state index in [1.807, 2.05) is 5.32 Å². The number of aliphatic hydroxyl groups excluding tert-OH is 1. The van der Waals surface area contributed by atoms with Crippen LogP contribution < -0.4 is 10.6 Å². The molecule has 6 nitrogen and oxygen atoms in total. The fraction of sp³-hybridized carbons (Fsp3) is 0.143. The second kappa shape index (κ2) is 6.81. The third kappa shape index (κ3) is 3.67. The lowest BCUT2D eigenvalue weighted by molar-refractivity contribution is -0.136. The molecule has 8 heteroatoms. The summed E-state index contributed by atoms with van der Waals surface area (Å²) in [5.74, 6) is -4.48. The van der Waals surface area contributed by atoms with Crippen molar-refractivity contribution in [2.45, 2.75) is 6.10 Å². The van der Waals surface area contributed by atoms with Crippen molar-refractivity contribution in [2.24, 2.45) is 0 Å². The van der Waals surface area contributed by atoms with Crippen molar-refractivity contribution < 1.29 is 27.9 Å². The Balaban J connectivity index is 1.90. The number of hydrogen-bond donors (Lipinski definition) is 3. The van der Waals surface area contributed by atoms with E-state index in [1.165, 1.54) is 18.4 Å². The molecule has 2 amide bonds. The van der Waals surface area contributed by atoms with Crippen LogP contribution in [-0.4, -0.2) is 23.5 Å². The Morgan fingerprint density at radius 1 is 1.18 bits per heavy atom. The molecule has 1 atom stereocenters. The van der Waals surface area contributed by atoms with Gasteiger partial charge in [-0.2, -0.15) is 0 Å². The van der Waals surface area contributed by atoms with E-state index in [4.69, 9.17) is 4.42 Å². The fourth-order valence-corrected chi connectivity index (χ4v) is 1.63. The predicted molar refractivity (Wildman–Crippen MR) is 71.7 cm³/mol. The van der Waals surface area contributed by atoms with Gasteiger partial charge >= 0.3 is 11.8 Å². The Hall–Kier alpha value is -2.74. The summed E-state index contributed by atoms with van der Waals surface area (Å²) in [6, 6.07) is 6.23. The number of carbonyl (C=O) groups excluding carboxylic acids is 2. The number of furan rings is 1. The zero-order valence-electron chi connectivity index (χ0n) is 11.2. The third-order valence-corrected chi connectivity index (χ3v) is 2.73. The summed E-state index contributed by atoms with van der Waals surface area (Å²) in [4.78, 5) is 23.1. The summed E-state index contributed by atoms with van der Waals surface area (Å²) >= 11 is 0. The quantitative estimate of drug-likeness (QED) is 0.743. The van der Waals surface area contributed by atoms with Crippen molar-refractivity contribution in [2.75, 3.05) is 11.9 Å². The number of amides is 2. The lowest BCUT2D eigenvalue weighted by Crippen LogP contribution is -2.37. The molecular formula is C14H12F2N2O4. The second-order valence-corrected chi connectivity index (χ2v) is 4.30. The summed E-state index contributed by atoms with van der Waals surface area (Å²) in [5, 5.41) is 13.7. The van der Waals surface area contributed by atoms with Gasteiger partial charge in [0.25, 0.3) is 0 Å². The number of halogens is 2. The van der Waals surface area contributed by atoms with Gasteiger partial charge in [0, 0.05) is 0 Å². The first-order valence-electron chi connectivity index (χ1n) is 6.23. The van der Waals surface area contributed by atoms with Crippen molar-refractivity contribution in [1.29, 1.82) is 0 Å². The monoisotopic (exact) mass is 310 g/mol. The molecule has 22 heavy (non-hydrogen) atoms. The van der Waals surface area contributed by atoms with E-state index in [1.54, 1.807) is 6.07 Å². The van der Waals surface area contributed by atoms with Crippen molar-refractivity contribution in [3.63, 3.8) is 0 Å². The molecule has 0 bridgehead atoms. The Labute approximate surface area is 123 Å². The highest BCUT2D eigenvalue weighted by Gasteiger charge is 2.19. The Morgan fingerprint density at radius 3 is 2.64 bits per heavy atom. The van der Waals surface area contributed by atoms with E-state index in [-0.39, 0.29) is 12.3 Å². The molecule has 0 saturated carbocycles. The number of rotatable bonds is 4. The SMILES string of the molecule is O=C(NCC(O)c1ccco1)C(=O)Nc1cccc(F)c1F. The van der Waals surface area contributed by atoms with Gasteiger partial charge in [0.1, 0.15) is 11.9 Å². The van der Waals surface area contributed by atoms with Crippen LogP contribution in [0.25, 0.3) is 0 Å². The number of aliphatic hydroxyl groups is 1. The Bertz CT molecular complexity index is 673. The molecule has 1 aromatic carbocycles. The number of carbonyl (C=O) groups is 2.